The molecule has 0 amide bonds. The Hall–Kier alpha value is -1.08. The molecule has 0 fully saturated rings. The second kappa shape index (κ2) is 4.43. The van der Waals surface area contributed by atoms with E-state index in [0.717, 1.165) is 11.1 Å². The van der Waals surface area contributed by atoms with Crippen molar-refractivity contribution in [2.45, 2.75) is 20.8 Å². The molecule has 1 aromatic carbocycles. The van der Waals surface area contributed by atoms with Gasteiger partial charge in [0.15, 0.2) is 5.78 Å². The zero-order chi connectivity index (χ0) is 10.7. The number of carbonyl (C=O) groups excluding carboxylic acids is 1. The number of carbonyl (C=O) groups is 1. The van der Waals surface area contributed by atoms with Gasteiger partial charge in [0.1, 0.15) is 0 Å². The lowest BCUT2D eigenvalue weighted by molar-refractivity contribution is 0.104. The summed E-state index contributed by atoms with van der Waals surface area (Å²) in [7, 11) is 0. The van der Waals surface area contributed by atoms with Crippen LogP contribution >= 0.6 is 11.6 Å². The normalized spacial score (nSPS) is 9.71. The van der Waals surface area contributed by atoms with E-state index >= 15 is 0 Å². The predicted octanol–water partition coefficient (Wildman–Crippen LogP) is 3.80. The molecule has 0 bridgehead atoms. The molecule has 0 radical (unpaired) electrons. The number of halogens is 1. The van der Waals surface area contributed by atoms with Gasteiger partial charge in [0.05, 0.1) is 0 Å². The Labute approximate surface area is 89.4 Å². The van der Waals surface area contributed by atoms with Gasteiger partial charge in [-0.2, -0.15) is 0 Å². The highest BCUT2D eigenvalue weighted by atomic mass is 35.5. The van der Waals surface area contributed by atoms with Crippen molar-refractivity contribution >= 4 is 17.4 Å². The lowest BCUT2D eigenvalue weighted by atomic mass is 10.0. The van der Waals surface area contributed by atoms with E-state index < -0.39 is 0 Å². The highest BCUT2D eigenvalue weighted by Crippen LogP contribution is 2.19. The molecule has 2 heteroatoms. The summed E-state index contributed by atoms with van der Waals surface area (Å²) < 4.78 is 0. The van der Waals surface area contributed by atoms with E-state index in [4.69, 9.17) is 11.6 Å². The lowest BCUT2D eigenvalue weighted by Gasteiger charge is -2.03. The molecule has 0 aliphatic carbocycles. The van der Waals surface area contributed by atoms with E-state index in [-0.39, 0.29) is 5.78 Å². The first kappa shape index (κ1) is 11.0. The van der Waals surface area contributed by atoms with Crippen LogP contribution in [-0.4, -0.2) is 5.78 Å². The summed E-state index contributed by atoms with van der Waals surface area (Å²) in [5, 5.41) is 0.637. The number of ketones is 1. The SMILES string of the molecule is CC(C)=CC(=O)c1cccc(Cl)c1C. The van der Waals surface area contributed by atoms with Crippen LogP contribution in [0, 0.1) is 6.92 Å². The molecule has 0 aromatic heterocycles. The van der Waals surface area contributed by atoms with Gasteiger partial charge in [0.2, 0.25) is 0 Å². The van der Waals surface area contributed by atoms with Gasteiger partial charge in [-0.3, -0.25) is 4.79 Å². The maximum absolute atomic E-state index is 11.7. The molecule has 74 valence electrons. The Bertz CT molecular complexity index is 387. The minimum absolute atomic E-state index is 0.0185. The third-order valence-corrected chi connectivity index (χ3v) is 2.36. The van der Waals surface area contributed by atoms with Crippen molar-refractivity contribution in [1.29, 1.82) is 0 Å². The molecule has 0 N–H and O–H groups in total. The van der Waals surface area contributed by atoms with E-state index in [1.54, 1.807) is 24.3 Å². The van der Waals surface area contributed by atoms with Gasteiger partial charge in [0, 0.05) is 10.6 Å². The van der Waals surface area contributed by atoms with Gasteiger partial charge < -0.3 is 0 Å². The minimum atomic E-state index is 0.0185. The van der Waals surface area contributed by atoms with Gasteiger partial charge in [-0.15, -0.1) is 0 Å². The standard InChI is InChI=1S/C12H13ClO/c1-8(2)7-12(14)10-5-4-6-11(13)9(10)3/h4-7H,1-3H3. The van der Waals surface area contributed by atoms with Gasteiger partial charge >= 0.3 is 0 Å². The molecule has 1 nitrogen and oxygen atoms in total. The summed E-state index contributed by atoms with van der Waals surface area (Å²) in [5.41, 5.74) is 2.52. The van der Waals surface area contributed by atoms with Crippen LogP contribution in [0.15, 0.2) is 29.8 Å². The molecule has 1 aromatic rings. The maximum Gasteiger partial charge on any atom is 0.186 e. The smallest absolute Gasteiger partial charge is 0.186 e. The number of hydrogen-bond donors (Lipinski definition) is 0. The van der Waals surface area contributed by atoms with Crippen LogP contribution in [0.25, 0.3) is 0 Å². The van der Waals surface area contributed by atoms with Gasteiger partial charge in [-0.1, -0.05) is 29.3 Å². The van der Waals surface area contributed by atoms with Crippen LogP contribution in [0.4, 0.5) is 0 Å². The Morgan fingerprint density at radius 1 is 1.36 bits per heavy atom. The van der Waals surface area contributed by atoms with Crippen molar-refractivity contribution in [2.24, 2.45) is 0 Å². The van der Waals surface area contributed by atoms with Crippen molar-refractivity contribution in [3.05, 3.63) is 46.0 Å². The number of rotatable bonds is 2. The third kappa shape index (κ3) is 2.46. The first-order valence-electron chi connectivity index (χ1n) is 4.46. The Morgan fingerprint density at radius 2 is 2.00 bits per heavy atom. The van der Waals surface area contributed by atoms with E-state index in [9.17, 15) is 4.79 Å². The van der Waals surface area contributed by atoms with Crippen LogP contribution < -0.4 is 0 Å². The summed E-state index contributed by atoms with van der Waals surface area (Å²) in [5.74, 6) is 0.0185. The van der Waals surface area contributed by atoms with Gasteiger partial charge in [0.25, 0.3) is 0 Å². The maximum atomic E-state index is 11.7. The largest absolute Gasteiger partial charge is 0.289 e. The van der Waals surface area contributed by atoms with Gasteiger partial charge in [-0.25, -0.2) is 0 Å². The topological polar surface area (TPSA) is 17.1 Å². The van der Waals surface area contributed by atoms with Crippen LogP contribution in [0.3, 0.4) is 0 Å². The van der Waals surface area contributed by atoms with Crippen molar-refractivity contribution in [1.82, 2.24) is 0 Å². The molecule has 0 heterocycles. The molecule has 1 rings (SSSR count). The molecule has 0 saturated carbocycles. The average Bonchev–Trinajstić information content (AvgIpc) is 2.08. The molecule has 0 atom stereocenters. The number of benzene rings is 1. The summed E-state index contributed by atoms with van der Waals surface area (Å²) in [6.07, 6.45) is 1.62. The van der Waals surface area contributed by atoms with Crippen molar-refractivity contribution in [3.8, 4) is 0 Å². The number of hydrogen-bond acceptors (Lipinski definition) is 1. The molecular formula is C12H13ClO. The summed E-state index contributed by atoms with van der Waals surface area (Å²) >= 11 is 5.92. The van der Waals surface area contributed by atoms with Crippen molar-refractivity contribution in [2.75, 3.05) is 0 Å². The van der Waals surface area contributed by atoms with Crippen LogP contribution in [-0.2, 0) is 0 Å². The molecule has 0 aliphatic rings. The van der Waals surface area contributed by atoms with Gasteiger partial charge in [-0.05, 0) is 38.5 Å². The fourth-order valence-corrected chi connectivity index (χ4v) is 1.39. The molecule has 0 aliphatic heterocycles. The second-order valence-corrected chi connectivity index (χ2v) is 3.91. The number of allylic oxidation sites excluding steroid dienone is 2. The van der Waals surface area contributed by atoms with Crippen LogP contribution in [0.1, 0.15) is 29.8 Å². The zero-order valence-corrected chi connectivity index (χ0v) is 9.35. The Morgan fingerprint density at radius 3 is 2.57 bits per heavy atom. The highest BCUT2D eigenvalue weighted by molar-refractivity contribution is 6.32. The zero-order valence-electron chi connectivity index (χ0n) is 8.60. The summed E-state index contributed by atoms with van der Waals surface area (Å²) in [6.45, 7) is 5.66. The minimum Gasteiger partial charge on any atom is -0.289 e. The fraction of sp³-hybridized carbons (Fsp3) is 0.250. The van der Waals surface area contributed by atoms with Crippen molar-refractivity contribution in [3.63, 3.8) is 0 Å². The summed E-state index contributed by atoms with van der Waals surface area (Å²) in [4.78, 5) is 11.7. The predicted molar refractivity (Wildman–Crippen MR) is 60.0 cm³/mol. The lowest BCUT2D eigenvalue weighted by Crippen LogP contribution is -1.98. The van der Waals surface area contributed by atoms with Crippen LogP contribution in [0.5, 0.6) is 0 Å². The Kier molecular flexibility index (Phi) is 3.48. The molecular weight excluding hydrogens is 196 g/mol. The third-order valence-electron chi connectivity index (χ3n) is 1.95. The van der Waals surface area contributed by atoms with E-state index in [1.807, 2.05) is 20.8 Å². The highest BCUT2D eigenvalue weighted by Gasteiger charge is 2.07. The van der Waals surface area contributed by atoms with Crippen LogP contribution in [0.2, 0.25) is 5.02 Å². The van der Waals surface area contributed by atoms with E-state index in [1.165, 1.54) is 0 Å². The average molecular weight is 209 g/mol. The summed E-state index contributed by atoms with van der Waals surface area (Å²) in [6, 6.07) is 5.38. The molecule has 0 spiro atoms. The Balaban J connectivity index is 3.14. The first-order chi connectivity index (χ1) is 6.52. The first-order valence-corrected chi connectivity index (χ1v) is 4.84. The fourth-order valence-electron chi connectivity index (χ4n) is 1.21. The second-order valence-electron chi connectivity index (χ2n) is 3.50. The quantitative estimate of drug-likeness (QED) is 0.534. The molecule has 0 saturated heterocycles. The van der Waals surface area contributed by atoms with Crippen molar-refractivity contribution < 1.29 is 4.79 Å². The molecule has 0 unspecified atom stereocenters. The molecule has 14 heavy (non-hydrogen) atoms. The monoisotopic (exact) mass is 208 g/mol. The van der Waals surface area contributed by atoms with E-state index in [2.05, 4.69) is 0 Å². The van der Waals surface area contributed by atoms with E-state index in [0.29, 0.717) is 10.6 Å².